The van der Waals surface area contributed by atoms with Crippen molar-refractivity contribution in [2.75, 3.05) is 88.2 Å². The van der Waals surface area contributed by atoms with E-state index in [9.17, 15) is 14.4 Å². The number of benzene rings is 5. The number of hydrogen-bond donors (Lipinski definition) is 2. The van der Waals surface area contributed by atoms with Crippen LogP contribution in [0.5, 0.6) is 17.2 Å². The van der Waals surface area contributed by atoms with E-state index in [1.807, 2.05) is 83.6 Å². The number of fused-ring (bicyclic) bond motifs is 8. The van der Waals surface area contributed by atoms with Crippen LogP contribution in [0.4, 0.5) is 22.7 Å². The van der Waals surface area contributed by atoms with Gasteiger partial charge in [0.05, 0.1) is 64.0 Å². The predicted molar refractivity (Wildman–Crippen MR) is 280 cm³/mol. The number of aliphatic imine (C=N–C) groups is 1. The van der Waals surface area contributed by atoms with Crippen LogP contribution in [-0.4, -0.2) is 110 Å². The van der Waals surface area contributed by atoms with Gasteiger partial charge in [-0.15, -0.1) is 0 Å². The summed E-state index contributed by atoms with van der Waals surface area (Å²) in [5.74, 6) is 6.64. The van der Waals surface area contributed by atoms with Crippen molar-refractivity contribution in [1.82, 2.24) is 5.32 Å². The minimum atomic E-state index is -0.164. The van der Waals surface area contributed by atoms with Crippen LogP contribution >= 0.6 is 0 Å². The van der Waals surface area contributed by atoms with Crippen LogP contribution < -0.4 is 40.1 Å². The SMILES string of the molecule is COCCOCCOCCN(CCCC(=O)NCCCON)c1cc(COc2cc3c(cc2C)C(=O)N2c4ccccc4C[C@H]2C=N3)cc(COc2cc3c(cc2OC)C(=O)N2c4ccccc4C[C@H]2CC3)c1. The van der Waals surface area contributed by atoms with E-state index in [4.69, 9.17) is 39.3 Å². The maximum atomic E-state index is 14.2. The molecule has 0 saturated heterocycles. The van der Waals surface area contributed by atoms with Crippen molar-refractivity contribution in [3.8, 4) is 17.2 Å². The number of ether oxygens (including phenoxy) is 6. The second-order valence-electron chi connectivity index (χ2n) is 18.8. The second kappa shape index (κ2) is 24.3. The van der Waals surface area contributed by atoms with Gasteiger partial charge in [0, 0.05) is 80.5 Å². The number of rotatable bonds is 25. The van der Waals surface area contributed by atoms with E-state index in [-0.39, 0.29) is 43.0 Å². The molecular formula is C57H66N6O10. The van der Waals surface area contributed by atoms with Gasteiger partial charge in [-0.1, -0.05) is 36.4 Å². The summed E-state index contributed by atoms with van der Waals surface area (Å²) in [7, 11) is 3.23. The van der Waals surface area contributed by atoms with E-state index in [0.29, 0.717) is 119 Å². The Morgan fingerprint density at radius 2 is 1.42 bits per heavy atom. The maximum Gasteiger partial charge on any atom is 0.261 e. The van der Waals surface area contributed by atoms with Gasteiger partial charge in [0.1, 0.15) is 19.0 Å². The number of carbonyl (C=O) groups excluding carboxylic acids is 3. The number of nitrogens with zero attached hydrogens (tertiary/aromatic N) is 4. The number of aryl methyl sites for hydroxylation is 2. The van der Waals surface area contributed by atoms with Crippen molar-refractivity contribution in [1.29, 1.82) is 0 Å². The highest BCUT2D eigenvalue weighted by Crippen LogP contribution is 2.42. The van der Waals surface area contributed by atoms with E-state index in [1.165, 1.54) is 5.56 Å². The Morgan fingerprint density at radius 1 is 0.726 bits per heavy atom. The average molecular weight is 995 g/mol. The van der Waals surface area contributed by atoms with Gasteiger partial charge in [0.2, 0.25) is 5.91 Å². The fourth-order valence-corrected chi connectivity index (χ4v) is 10.2. The number of amides is 3. The van der Waals surface area contributed by atoms with Gasteiger partial charge in [-0.2, -0.15) is 0 Å². The summed E-state index contributed by atoms with van der Waals surface area (Å²) in [6.07, 6.45) is 6.48. The van der Waals surface area contributed by atoms with Gasteiger partial charge in [-0.3, -0.25) is 24.3 Å². The minimum Gasteiger partial charge on any atom is -0.493 e. The topological polar surface area (TPSA) is 176 Å². The molecule has 0 fully saturated rings. The first-order valence-electron chi connectivity index (χ1n) is 25.3. The summed E-state index contributed by atoms with van der Waals surface area (Å²) in [5, 5.41) is 2.95. The molecule has 5 aromatic rings. The number of hydrogen-bond acceptors (Lipinski definition) is 13. The molecule has 16 heteroatoms. The lowest BCUT2D eigenvalue weighted by atomic mass is 9.99. The summed E-state index contributed by atoms with van der Waals surface area (Å²) in [6, 6.07) is 29.8. The number of nitrogens with two attached hydrogens (primary N) is 1. The van der Waals surface area contributed by atoms with Gasteiger partial charge >= 0.3 is 0 Å². The van der Waals surface area contributed by atoms with Crippen LogP contribution in [0.15, 0.2) is 96.0 Å². The van der Waals surface area contributed by atoms with Crippen molar-refractivity contribution in [2.45, 2.75) is 77.2 Å². The fourth-order valence-electron chi connectivity index (χ4n) is 10.2. The summed E-state index contributed by atoms with van der Waals surface area (Å²) in [4.78, 5) is 56.7. The summed E-state index contributed by atoms with van der Waals surface area (Å²) >= 11 is 0. The molecule has 0 aromatic heterocycles. The van der Waals surface area contributed by atoms with Gasteiger partial charge in [0.15, 0.2) is 11.5 Å². The Balaban J connectivity index is 0.973. The molecule has 0 aliphatic carbocycles. The Labute approximate surface area is 427 Å². The lowest BCUT2D eigenvalue weighted by molar-refractivity contribution is -0.121. The molecule has 0 unspecified atom stereocenters. The number of methoxy groups -OCH3 is 2. The summed E-state index contributed by atoms with van der Waals surface area (Å²) in [6.45, 7) is 6.52. The lowest BCUT2D eigenvalue weighted by Crippen LogP contribution is -2.37. The summed E-state index contributed by atoms with van der Waals surface area (Å²) in [5.41, 5.74) is 10.3. The zero-order valence-corrected chi connectivity index (χ0v) is 42.1. The van der Waals surface area contributed by atoms with E-state index in [0.717, 1.165) is 64.1 Å². The standard InChI is InChI=1S/C57H66N6O10/c1-38-26-48-49(60-35-46-31-43-11-5-7-13-51(43)63(46)57(48)66)34-52(38)71-36-39-27-40(29-45(28-39)61(19-21-69-24-25-70-23-22-67-2)18-8-14-55(64)59-17-9-20-73-58)37-72-54-32-41-15-16-44-30-42-10-4-6-12-50(42)62(44)56(65)47(41)33-53(54)68-3/h4-7,10-13,26-29,32-35,44,46H,8-9,14-25,30-31,36-37,58H2,1-3H3,(H,59,64)/t44-,46+/m1/s1. The molecule has 3 amide bonds. The van der Waals surface area contributed by atoms with Crippen molar-refractivity contribution < 1.29 is 47.6 Å². The molecule has 4 aliphatic heterocycles. The highest BCUT2D eigenvalue weighted by molar-refractivity contribution is 6.14. The molecule has 3 N–H and O–H groups in total. The third-order valence-corrected chi connectivity index (χ3v) is 13.9. The molecule has 0 saturated carbocycles. The number of para-hydroxylation sites is 2. The molecule has 0 spiro atoms. The first-order valence-corrected chi connectivity index (χ1v) is 25.3. The average Bonchev–Trinajstić information content (AvgIpc) is 3.90. The molecule has 384 valence electrons. The van der Waals surface area contributed by atoms with Crippen LogP contribution in [0, 0.1) is 6.92 Å². The van der Waals surface area contributed by atoms with Crippen LogP contribution in [0.25, 0.3) is 0 Å². The Hall–Kier alpha value is -6.82. The van der Waals surface area contributed by atoms with Crippen molar-refractivity contribution in [3.63, 3.8) is 0 Å². The highest BCUT2D eigenvalue weighted by Gasteiger charge is 2.38. The van der Waals surface area contributed by atoms with E-state index in [2.05, 4.69) is 45.4 Å². The van der Waals surface area contributed by atoms with Gasteiger partial charge in [0.25, 0.3) is 11.8 Å². The van der Waals surface area contributed by atoms with Crippen LogP contribution in [-0.2, 0) is 56.3 Å². The molecule has 2 atom stereocenters. The molecule has 9 rings (SSSR count). The Bertz CT molecular complexity index is 2800. The largest absolute Gasteiger partial charge is 0.493 e. The minimum absolute atomic E-state index is 0.0276. The fraction of sp³-hybridized carbons (Fsp3) is 0.404. The van der Waals surface area contributed by atoms with Crippen LogP contribution in [0.2, 0.25) is 0 Å². The molecule has 4 aliphatic rings. The Kier molecular flexibility index (Phi) is 17.0. The maximum absolute atomic E-state index is 14.2. The van der Waals surface area contributed by atoms with E-state index >= 15 is 0 Å². The van der Waals surface area contributed by atoms with Gasteiger partial charge in [-0.05, 0) is 121 Å². The summed E-state index contributed by atoms with van der Waals surface area (Å²) < 4.78 is 36.0. The van der Waals surface area contributed by atoms with Gasteiger partial charge in [-0.25, -0.2) is 5.90 Å². The normalized spacial score (nSPS) is 16.2. The Morgan fingerprint density at radius 3 is 2.18 bits per heavy atom. The monoisotopic (exact) mass is 994 g/mol. The third-order valence-electron chi connectivity index (χ3n) is 13.9. The number of carbonyl (C=O) groups is 3. The van der Waals surface area contributed by atoms with E-state index < -0.39 is 0 Å². The smallest absolute Gasteiger partial charge is 0.261 e. The quantitative estimate of drug-likeness (QED) is 0.0433. The molecular weight excluding hydrogens is 929 g/mol. The highest BCUT2D eigenvalue weighted by atomic mass is 16.6. The first-order chi connectivity index (χ1) is 35.7. The molecule has 0 radical (unpaired) electrons. The zero-order valence-electron chi connectivity index (χ0n) is 42.1. The van der Waals surface area contributed by atoms with Crippen molar-refractivity contribution >= 4 is 46.7 Å². The molecule has 5 aromatic carbocycles. The zero-order chi connectivity index (χ0) is 50.7. The molecule has 0 bridgehead atoms. The van der Waals surface area contributed by atoms with Crippen molar-refractivity contribution in [2.24, 2.45) is 10.9 Å². The molecule has 4 heterocycles. The van der Waals surface area contributed by atoms with Crippen molar-refractivity contribution in [3.05, 3.63) is 136 Å². The van der Waals surface area contributed by atoms with Crippen LogP contribution in [0.3, 0.4) is 0 Å². The predicted octanol–water partition coefficient (Wildman–Crippen LogP) is 7.63. The lowest BCUT2D eigenvalue weighted by Gasteiger charge is -2.26. The first kappa shape index (κ1) is 51.1. The molecule has 73 heavy (non-hydrogen) atoms. The molecule has 16 nitrogen and oxygen atoms in total. The third kappa shape index (κ3) is 12.0. The van der Waals surface area contributed by atoms with E-state index in [1.54, 1.807) is 14.2 Å². The number of nitrogens with one attached hydrogen (secondary N) is 1. The second-order valence-corrected chi connectivity index (χ2v) is 18.8. The van der Waals surface area contributed by atoms with Crippen LogP contribution in [0.1, 0.15) is 79.8 Å². The number of anilines is 3. The van der Waals surface area contributed by atoms with Gasteiger partial charge < -0.3 is 48.4 Å².